The van der Waals surface area contributed by atoms with Crippen molar-refractivity contribution >= 4 is 5.97 Å². The molecule has 0 aromatic carbocycles. The van der Waals surface area contributed by atoms with Crippen LogP contribution in [0.3, 0.4) is 0 Å². The molecule has 1 aromatic heterocycles. The molecule has 14 heavy (non-hydrogen) atoms. The molecular weight excluding hydrogens is 180 g/mol. The third kappa shape index (κ3) is 1.64. The maximum absolute atomic E-state index is 11.4. The smallest absolute Gasteiger partial charge is 0.312 e. The zero-order valence-corrected chi connectivity index (χ0v) is 9.29. The van der Waals surface area contributed by atoms with Gasteiger partial charge in [0.1, 0.15) is 0 Å². The van der Waals surface area contributed by atoms with Gasteiger partial charge in [-0.2, -0.15) is 5.10 Å². The quantitative estimate of drug-likeness (QED) is 0.670. The fourth-order valence-electron chi connectivity index (χ4n) is 1.71. The van der Waals surface area contributed by atoms with E-state index >= 15 is 0 Å². The van der Waals surface area contributed by atoms with Gasteiger partial charge in [0.2, 0.25) is 0 Å². The van der Waals surface area contributed by atoms with Crippen LogP contribution in [-0.2, 0) is 16.6 Å². The first-order valence-corrected chi connectivity index (χ1v) is 4.57. The molecule has 0 amide bonds. The highest BCUT2D eigenvalue weighted by Gasteiger charge is 2.22. The van der Waals surface area contributed by atoms with Crippen LogP contribution in [0.15, 0.2) is 0 Å². The minimum Gasteiger partial charge on any atom is -0.469 e. The number of hydrogen-bond donors (Lipinski definition) is 0. The highest BCUT2D eigenvalue weighted by Crippen LogP contribution is 2.23. The molecule has 1 aromatic rings. The summed E-state index contributed by atoms with van der Waals surface area (Å²) in [6.07, 6.45) is 0. The standard InChI is InChI=1S/C10H16N2O2/c1-6(10(13)14-5)9-7(2)11-12(4)8(9)3/h6H,1-5H3. The molecule has 1 atom stereocenters. The number of aromatic nitrogens is 2. The number of rotatable bonds is 2. The van der Waals surface area contributed by atoms with Gasteiger partial charge < -0.3 is 4.74 Å². The number of methoxy groups -OCH3 is 1. The largest absolute Gasteiger partial charge is 0.469 e. The van der Waals surface area contributed by atoms with Crippen molar-refractivity contribution in [3.8, 4) is 0 Å². The number of esters is 1. The lowest BCUT2D eigenvalue weighted by Crippen LogP contribution is -2.12. The molecule has 0 N–H and O–H groups in total. The Balaban J connectivity index is 3.12. The van der Waals surface area contributed by atoms with Gasteiger partial charge in [-0.3, -0.25) is 9.48 Å². The topological polar surface area (TPSA) is 44.1 Å². The second-order valence-corrected chi connectivity index (χ2v) is 3.45. The Morgan fingerprint density at radius 1 is 1.50 bits per heavy atom. The molecule has 1 rings (SSSR count). The molecule has 1 heterocycles. The molecule has 4 heteroatoms. The molecule has 78 valence electrons. The number of nitrogens with zero attached hydrogens (tertiary/aromatic N) is 2. The fourth-order valence-corrected chi connectivity index (χ4v) is 1.71. The Morgan fingerprint density at radius 2 is 2.07 bits per heavy atom. The summed E-state index contributed by atoms with van der Waals surface area (Å²) in [7, 11) is 3.27. The summed E-state index contributed by atoms with van der Waals surface area (Å²) >= 11 is 0. The SMILES string of the molecule is COC(=O)C(C)c1c(C)nn(C)c1C. The monoisotopic (exact) mass is 196 g/mol. The number of aryl methyl sites for hydroxylation is 2. The molecular formula is C10H16N2O2. The van der Waals surface area contributed by atoms with E-state index < -0.39 is 0 Å². The van der Waals surface area contributed by atoms with Crippen LogP contribution in [0.1, 0.15) is 29.8 Å². The zero-order valence-electron chi connectivity index (χ0n) is 9.29. The molecule has 0 aliphatic rings. The predicted octanol–water partition coefficient (Wildman–Crippen LogP) is 1.31. The number of carbonyl (C=O) groups excluding carboxylic acids is 1. The van der Waals surface area contributed by atoms with Crippen LogP contribution in [-0.4, -0.2) is 22.9 Å². The van der Waals surface area contributed by atoms with Gasteiger partial charge in [-0.05, 0) is 20.8 Å². The first-order valence-electron chi connectivity index (χ1n) is 4.57. The molecule has 0 spiro atoms. The van der Waals surface area contributed by atoms with E-state index in [-0.39, 0.29) is 11.9 Å². The lowest BCUT2D eigenvalue weighted by atomic mass is 9.99. The van der Waals surface area contributed by atoms with E-state index in [2.05, 4.69) is 5.10 Å². The van der Waals surface area contributed by atoms with Gasteiger partial charge in [0.05, 0.1) is 18.7 Å². The number of ether oxygens (including phenoxy) is 1. The number of carbonyl (C=O) groups is 1. The molecule has 0 fully saturated rings. The Morgan fingerprint density at radius 3 is 2.43 bits per heavy atom. The van der Waals surface area contributed by atoms with Gasteiger partial charge >= 0.3 is 5.97 Å². The lowest BCUT2D eigenvalue weighted by molar-refractivity contribution is -0.142. The molecule has 4 nitrogen and oxygen atoms in total. The Kier molecular flexibility index (Phi) is 2.93. The van der Waals surface area contributed by atoms with Crippen molar-refractivity contribution in [2.45, 2.75) is 26.7 Å². The van der Waals surface area contributed by atoms with Crippen molar-refractivity contribution in [1.29, 1.82) is 0 Å². The highest BCUT2D eigenvalue weighted by molar-refractivity contribution is 5.78. The Labute approximate surface area is 83.9 Å². The van der Waals surface area contributed by atoms with Crippen LogP contribution in [0.5, 0.6) is 0 Å². The summed E-state index contributed by atoms with van der Waals surface area (Å²) < 4.78 is 6.49. The molecule has 0 aliphatic carbocycles. The van der Waals surface area contributed by atoms with Crippen LogP contribution >= 0.6 is 0 Å². The highest BCUT2D eigenvalue weighted by atomic mass is 16.5. The predicted molar refractivity (Wildman–Crippen MR) is 53.1 cm³/mol. The molecule has 0 aliphatic heterocycles. The molecule has 0 saturated carbocycles. The van der Waals surface area contributed by atoms with Crippen molar-refractivity contribution in [1.82, 2.24) is 9.78 Å². The first-order chi connectivity index (χ1) is 6.49. The summed E-state index contributed by atoms with van der Waals surface area (Å²) in [5.74, 6) is -0.460. The third-order valence-corrected chi connectivity index (χ3v) is 2.55. The van der Waals surface area contributed by atoms with E-state index in [9.17, 15) is 4.79 Å². The first kappa shape index (κ1) is 10.8. The fraction of sp³-hybridized carbons (Fsp3) is 0.600. The van der Waals surface area contributed by atoms with Crippen LogP contribution in [0.2, 0.25) is 0 Å². The van der Waals surface area contributed by atoms with Gasteiger partial charge in [0, 0.05) is 18.3 Å². The van der Waals surface area contributed by atoms with Crippen molar-refractivity contribution in [3.05, 3.63) is 17.0 Å². The van der Waals surface area contributed by atoms with E-state index in [1.807, 2.05) is 27.8 Å². The summed E-state index contributed by atoms with van der Waals surface area (Å²) in [6, 6.07) is 0. The van der Waals surface area contributed by atoms with Gasteiger partial charge in [-0.1, -0.05) is 0 Å². The Bertz CT molecular complexity index is 355. The third-order valence-electron chi connectivity index (χ3n) is 2.55. The van der Waals surface area contributed by atoms with Gasteiger partial charge in [-0.15, -0.1) is 0 Å². The molecule has 0 bridgehead atoms. The van der Waals surface area contributed by atoms with Crippen LogP contribution < -0.4 is 0 Å². The number of hydrogen-bond acceptors (Lipinski definition) is 3. The minimum atomic E-state index is -0.242. The lowest BCUT2D eigenvalue weighted by Gasteiger charge is -2.09. The normalized spacial score (nSPS) is 12.6. The van der Waals surface area contributed by atoms with Gasteiger partial charge in [0.25, 0.3) is 0 Å². The molecule has 0 radical (unpaired) electrons. The average molecular weight is 196 g/mol. The van der Waals surface area contributed by atoms with E-state index in [4.69, 9.17) is 4.74 Å². The van der Waals surface area contributed by atoms with Gasteiger partial charge in [0.15, 0.2) is 0 Å². The van der Waals surface area contributed by atoms with E-state index in [0.717, 1.165) is 17.0 Å². The molecule has 1 unspecified atom stereocenters. The Hall–Kier alpha value is -1.32. The maximum Gasteiger partial charge on any atom is 0.312 e. The van der Waals surface area contributed by atoms with E-state index in [0.29, 0.717) is 0 Å². The van der Waals surface area contributed by atoms with E-state index in [1.54, 1.807) is 4.68 Å². The van der Waals surface area contributed by atoms with E-state index in [1.165, 1.54) is 7.11 Å². The van der Waals surface area contributed by atoms with Crippen molar-refractivity contribution < 1.29 is 9.53 Å². The average Bonchev–Trinajstić information content (AvgIpc) is 2.39. The van der Waals surface area contributed by atoms with Crippen LogP contribution in [0, 0.1) is 13.8 Å². The summed E-state index contributed by atoms with van der Waals surface area (Å²) in [5.41, 5.74) is 2.88. The maximum atomic E-state index is 11.4. The minimum absolute atomic E-state index is 0.218. The summed E-state index contributed by atoms with van der Waals surface area (Å²) in [5, 5.41) is 4.26. The van der Waals surface area contributed by atoms with Crippen LogP contribution in [0.4, 0.5) is 0 Å². The van der Waals surface area contributed by atoms with Gasteiger partial charge in [-0.25, -0.2) is 0 Å². The van der Waals surface area contributed by atoms with Crippen LogP contribution in [0.25, 0.3) is 0 Å². The summed E-state index contributed by atoms with van der Waals surface area (Å²) in [4.78, 5) is 11.4. The zero-order chi connectivity index (χ0) is 10.9. The second-order valence-electron chi connectivity index (χ2n) is 3.45. The second kappa shape index (κ2) is 3.82. The van der Waals surface area contributed by atoms with Crippen molar-refractivity contribution in [3.63, 3.8) is 0 Å². The summed E-state index contributed by atoms with van der Waals surface area (Å²) in [6.45, 7) is 5.69. The van der Waals surface area contributed by atoms with Crippen molar-refractivity contribution in [2.75, 3.05) is 7.11 Å². The molecule has 0 saturated heterocycles. The van der Waals surface area contributed by atoms with Crippen molar-refractivity contribution in [2.24, 2.45) is 7.05 Å².